The van der Waals surface area contributed by atoms with Gasteiger partial charge >= 0.3 is 0 Å². The molecule has 0 N–H and O–H groups in total. The molecule has 0 bridgehead atoms. The maximum atomic E-state index is 4.06. The van der Waals surface area contributed by atoms with Crippen LogP contribution in [0.5, 0.6) is 0 Å². The van der Waals surface area contributed by atoms with E-state index < -0.39 is 0 Å². The van der Waals surface area contributed by atoms with E-state index >= 15 is 0 Å². The summed E-state index contributed by atoms with van der Waals surface area (Å²) in [7, 11) is 0. The third-order valence-corrected chi connectivity index (χ3v) is 1.63. The van der Waals surface area contributed by atoms with Crippen molar-refractivity contribution in [3.05, 3.63) is 24.1 Å². The summed E-state index contributed by atoms with van der Waals surface area (Å²) in [5.74, 6) is 0.822. The second-order valence-electron chi connectivity index (χ2n) is 1.70. The van der Waals surface area contributed by atoms with Crippen LogP contribution in [0.25, 0.3) is 5.82 Å². The summed E-state index contributed by atoms with van der Waals surface area (Å²) in [5, 5.41) is 5.81. The van der Waals surface area contributed by atoms with Gasteiger partial charge in [0.25, 0.3) is 0 Å². The monoisotopic (exact) mass is 152 g/mol. The lowest BCUT2D eigenvalue weighted by atomic mass is 10.7. The highest BCUT2D eigenvalue weighted by Crippen LogP contribution is 2.02. The fraction of sp³-hybridized carbons (Fsp3) is 0. The fourth-order valence-electron chi connectivity index (χ4n) is 0.651. The van der Waals surface area contributed by atoms with E-state index in [0.717, 1.165) is 5.82 Å². The van der Waals surface area contributed by atoms with Crippen molar-refractivity contribution in [1.82, 2.24) is 19.1 Å². The second kappa shape index (κ2) is 2.18. The number of rotatable bonds is 1. The minimum absolute atomic E-state index is 0.822. The lowest BCUT2D eigenvalue weighted by Gasteiger charge is -1.88. The Morgan fingerprint density at radius 3 is 3.10 bits per heavy atom. The van der Waals surface area contributed by atoms with Crippen molar-refractivity contribution in [3.63, 3.8) is 0 Å². The second-order valence-corrected chi connectivity index (χ2v) is 2.36. The molecule has 0 aliphatic heterocycles. The van der Waals surface area contributed by atoms with Crippen molar-refractivity contribution in [2.75, 3.05) is 0 Å². The van der Waals surface area contributed by atoms with Crippen molar-refractivity contribution in [2.45, 2.75) is 0 Å². The minimum atomic E-state index is 0.822. The van der Waals surface area contributed by atoms with Crippen LogP contribution in [-0.4, -0.2) is 19.1 Å². The van der Waals surface area contributed by atoms with Gasteiger partial charge in [-0.15, -0.1) is 0 Å². The zero-order valence-electron chi connectivity index (χ0n) is 5.01. The molecule has 10 heavy (non-hydrogen) atoms. The molecule has 0 saturated heterocycles. The minimum Gasteiger partial charge on any atom is -0.223 e. The van der Waals surface area contributed by atoms with E-state index in [1.165, 1.54) is 17.9 Å². The van der Waals surface area contributed by atoms with Crippen LogP contribution in [0.2, 0.25) is 0 Å². The first kappa shape index (κ1) is 5.55. The average Bonchev–Trinajstić information content (AvgIpc) is 2.59. The summed E-state index contributed by atoms with van der Waals surface area (Å²) < 4.78 is 5.68. The summed E-state index contributed by atoms with van der Waals surface area (Å²) in [4.78, 5) is 3.79. The van der Waals surface area contributed by atoms with E-state index in [0.29, 0.717) is 0 Å². The summed E-state index contributed by atoms with van der Waals surface area (Å²) in [6.45, 7) is 0. The number of nitrogens with zero attached hydrogens (tertiary/aromatic N) is 4. The van der Waals surface area contributed by atoms with Crippen molar-refractivity contribution >= 4 is 11.5 Å². The first-order valence-electron chi connectivity index (χ1n) is 2.72. The van der Waals surface area contributed by atoms with E-state index in [1.807, 2.05) is 11.4 Å². The van der Waals surface area contributed by atoms with Gasteiger partial charge in [-0.05, 0) is 17.6 Å². The summed E-state index contributed by atoms with van der Waals surface area (Å²) in [6.07, 6.45) is 3.11. The van der Waals surface area contributed by atoms with Gasteiger partial charge in [0.15, 0.2) is 5.82 Å². The maximum absolute atomic E-state index is 4.06. The Hall–Kier alpha value is -1.23. The lowest BCUT2D eigenvalue weighted by molar-refractivity contribution is 0.859. The van der Waals surface area contributed by atoms with E-state index in [9.17, 15) is 0 Å². The van der Waals surface area contributed by atoms with Crippen molar-refractivity contribution in [1.29, 1.82) is 0 Å². The molecule has 2 heterocycles. The van der Waals surface area contributed by atoms with Crippen molar-refractivity contribution in [2.24, 2.45) is 0 Å². The largest absolute Gasteiger partial charge is 0.223 e. The standard InChI is InChI=1S/C5H4N4S/c1-2-10-8-5(1)9-4-6-3-7-9/h1-4H. The van der Waals surface area contributed by atoms with E-state index in [2.05, 4.69) is 14.5 Å². The first-order chi connectivity index (χ1) is 4.97. The van der Waals surface area contributed by atoms with Crippen LogP contribution in [0.4, 0.5) is 0 Å². The molecule has 2 aromatic heterocycles. The topological polar surface area (TPSA) is 43.6 Å². The number of hydrogen-bond donors (Lipinski definition) is 0. The van der Waals surface area contributed by atoms with Gasteiger partial charge in [0.05, 0.1) is 0 Å². The molecule has 50 valence electrons. The molecule has 2 rings (SSSR count). The molecule has 5 heteroatoms. The number of aromatic nitrogens is 4. The molecule has 0 aliphatic rings. The van der Waals surface area contributed by atoms with Crippen LogP contribution >= 0.6 is 11.5 Å². The lowest BCUT2D eigenvalue weighted by Crippen LogP contribution is -1.92. The molecule has 0 aliphatic carbocycles. The average molecular weight is 152 g/mol. The molecule has 0 atom stereocenters. The van der Waals surface area contributed by atoms with Crippen LogP contribution in [-0.2, 0) is 0 Å². The Morgan fingerprint density at radius 2 is 2.50 bits per heavy atom. The predicted octanol–water partition coefficient (Wildman–Crippen LogP) is 0.724. The van der Waals surface area contributed by atoms with E-state index in [-0.39, 0.29) is 0 Å². The van der Waals surface area contributed by atoms with Gasteiger partial charge in [0.1, 0.15) is 12.7 Å². The van der Waals surface area contributed by atoms with Crippen LogP contribution in [0, 0.1) is 0 Å². The normalized spacial score (nSPS) is 10.0. The van der Waals surface area contributed by atoms with Crippen LogP contribution in [0.15, 0.2) is 24.1 Å². The highest BCUT2D eigenvalue weighted by atomic mass is 32.1. The Morgan fingerprint density at radius 1 is 1.50 bits per heavy atom. The van der Waals surface area contributed by atoms with Gasteiger partial charge in [-0.25, -0.2) is 9.67 Å². The third-order valence-electron chi connectivity index (χ3n) is 1.08. The predicted molar refractivity (Wildman–Crippen MR) is 37.0 cm³/mol. The van der Waals surface area contributed by atoms with E-state index in [1.54, 1.807) is 11.0 Å². The van der Waals surface area contributed by atoms with Crippen molar-refractivity contribution < 1.29 is 0 Å². The highest BCUT2D eigenvalue weighted by molar-refractivity contribution is 7.03. The summed E-state index contributed by atoms with van der Waals surface area (Å²) >= 11 is 1.40. The molecular formula is C5H4N4S. The Labute approximate surface area is 61.3 Å². The Kier molecular flexibility index (Phi) is 1.21. The van der Waals surface area contributed by atoms with Gasteiger partial charge in [-0.3, -0.25) is 0 Å². The molecule has 0 spiro atoms. The molecule has 0 unspecified atom stereocenters. The molecule has 0 amide bonds. The van der Waals surface area contributed by atoms with Gasteiger partial charge in [0, 0.05) is 5.38 Å². The zero-order valence-corrected chi connectivity index (χ0v) is 5.82. The van der Waals surface area contributed by atoms with Gasteiger partial charge in [-0.2, -0.15) is 9.47 Å². The fourth-order valence-corrected chi connectivity index (χ4v) is 1.15. The number of hydrogen-bond acceptors (Lipinski definition) is 4. The summed E-state index contributed by atoms with van der Waals surface area (Å²) in [5.41, 5.74) is 0. The molecular weight excluding hydrogens is 148 g/mol. The van der Waals surface area contributed by atoms with E-state index in [4.69, 9.17) is 0 Å². The van der Waals surface area contributed by atoms with Crippen LogP contribution in [0.3, 0.4) is 0 Å². The highest BCUT2D eigenvalue weighted by Gasteiger charge is 1.95. The SMILES string of the molecule is c1ncn(-c2ccsn2)n1. The first-order valence-corrected chi connectivity index (χ1v) is 3.56. The molecule has 0 aromatic carbocycles. The molecule has 0 fully saturated rings. The van der Waals surface area contributed by atoms with Crippen LogP contribution < -0.4 is 0 Å². The quantitative estimate of drug-likeness (QED) is 0.604. The van der Waals surface area contributed by atoms with Crippen LogP contribution in [0.1, 0.15) is 0 Å². The van der Waals surface area contributed by atoms with Gasteiger partial charge in [-0.1, -0.05) is 0 Å². The maximum Gasteiger partial charge on any atom is 0.168 e. The summed E-state index contributed by atoms with van der Waals surface area (Å²) in [6, 6.07) is 1.89. The molecule has 4 nitrogen and oxygen atoms in total. The van der Waals surface area contributed by atoms with Gasteiger partial charge in [0.2, 0.25) is 0 Å². The molecule has 0 saturated carbocycles. The molecule has 0 radical (unpaired) electrons. The Balaban J connectivity index is 2.48. The Bertz CT molecular complexity index is 253. The zero-order chi connectivity index (χ0) is 6.81. The smallest absolute Gasteiger partial charge is 0.168 e. The molecule has 2 aromatic rings. The van der Waals surface area contributed by atoms with Crippen molar-refractivity contribution in [3.8, 4) is 5.82 Å². The third kappa shape index (κ3) is 0.801. The van der Waals surface area contributed by atoms with Gasteiger partial charge < -0.3 is 0 Å².